The zero-order chi connectivity index (χ0) is 10.9. The summed E-state index contributed by atoms with van der Waals surface area (Å²) in [7, 11) is -3.29. The van der Waals surface area contributed by atoms with Crippen LogP contribution in [0, 0.1) is 6.92 Å². The predicted molar refractivity (Wildman–Crippen MR) is 54.5 cm³/mol. The Morgan fingerprint density at radius 1 is 1.36 bits per heavy atom. The van der Waals surface area contributed by atoms with Gasteiger partial charge in [0.2, 0.25) is 0 Å². The highest BCUT2D eigenvalue weighted by Gasteiger charge is 2.12. The van der Waals surface area contributed by atoms with Crippen molar-refractivity contribution in [1.82, 2.24) is 0 Å². The Kier molecular flexibility index (Phi) is 2.97. The molecule has 0 N–H and O–H groups in total. The number of hydrogen-bond donors (Lipinski definition) is 0. The van der Waals surface area contributed by atoms with Crippen LogP contribution in [-0.2, 0) is 9.84 Å². The van der Waals surface area contributed by atoms with Crippen LogP contribution < -0.4 is 0 Å². The van der Waals surface area contributed by atoms with Gasteiger partial charge in [0.1, 0.15) is 0 Å². The summed E-state index contributed by atoms with van der Waals surface area (Å²) in [6.45, 7) is 1.70. The van der Waals surface area contributed by atoms with Gasteiger partial charge >= 0.3 is 0 Å². The Hall–Kier alpha value is -0.870. The third kappa shape index (κ3) is 2.33. The molecule has 5 heteroatoms. The first kappa shape index (κ1) is 11.2. The minimum Gasteiger partial charge on any atom is -0.276 e. The van der Waals surface area contributed by atoms with Gasteiger partial charge in [0.25, 0.3) is 5.24 Å². The smallest absolute Gasteiger partial charge is 0.252 e. The molecule has 0 spiro atoms. The molecule has 0 amide bonds. The second-order valence-corrected chi connectivity index (χ2v) is 5.38. The molecule has 0 aliphatic rings. The van der Waals surface area contributed by atoms with Gasteiger partial charge in [0, 0.05) is 11.8 Å². The van der Waals surface area contributed by atoms with E-state index in [0.29, 0.717) is 5.56 Å². The molecule has 0 bridgehead atoms. The summed E-state index contributed by atoms with van der Waals surface area (Å²) >= 11 is 5.30. The lowest BCUT2D eigenvalue weighted by molar-refractivity contribution is 0.108. The largest absolute Gasteiger partial charge is 0.276 e. The molecule has 1 aromatic carbocycles. The van der Waals surface area contributed by atoms with E-state index in [-0.39, 0.29) is 10.5 Å². The lowest BCUT2D eigenvalue weighted by Crippen LogP contribution is -2.01. The van der Waals surface area contributed by atoms with Crippen molar-refractivity contribution in [3.8, 4) is 0 Å². The van der Waals surface area contributed by atoms with Crippen LogP contribution in [0.2, 0.25) is 0 Å². The van der Waals surface area contributed by atoms with Gasteiger partial charge in [-0.2, -0.15) is 0 Å². The fraction of sp³-hybridized carbons (Fsp3) is 0.222. The van der Waals surface area contributed by atoms with Gasteiger partial charge in [-0.3, -0.25) is 4.79 Å². The first-order valence-electron chi connectivity index (χ1n) is 3.83. The van der Waals surface area contributed by atoms with E-state index in [2.05, 4.69) is 0 Å². The SMILES string of the molecule is Cc1ccc(S(C)(=O)=O)cc1C(=O)Cl. The van der Waals surface area contributed by atoms with Crippen LogP contribution >= 0.6 is 11.6 Å². The number of benzene rings is 1. The zero-order valence-corrected chi connectivity index (χ0v) is 9.32. The van der Waals surface area contributed by atoms with Crippen LogP contribution in [0.15, 0.2) is 23.1 Å². The molecule has 0 aromatic heterocycles. The number of carbonyl (C=O) groups excluding carboxylic acids is 1. The number of aryl methyl sites for hydroxylation is 1. The topological polar surface area (TPSA) is 51.2 Å². The Balaban J connectivity index is 3.42. The lowest BCUT2D eigenvalue weighted by atomic mass is 10.1. The average Bonchev–Trinajstić information content (AvgIpc) is 2.02. The third-order valence-electron chi connectivity index (χ3n) is 1.85. The van der Waals surface area contributed by atoms with Gasteiger partial charge in [0.15, 0.2) is 9.84 Å². The normalized spacial score (nSPS) is 11.4. The van der Waals surface area contributed by atoms with Crippen molar-refractivity contribution in [2.45, 2.75) is 11.8 Å². The summed E-state index contributed by atoms with van der Waals surface area (Å²) in [5.41, 5.74) is 0.895. The summed E-state index contributed by atoms with van der Waals surface area (Å²) in [5.74, 6) is 0. The number of halogens is 1. The van der Waals surface area contributed by atoms with Crippen LogP contribution in [0.3, 0.4) is 0 Å². The van der Waals surface area contributed by atoms with Gasteiger partial charge in [-0.1, -0.05) is 6.07 Å². The molecule has 0 aliphatic heterocycles. The van der Waals surface area contributed by atoms with Crippen LogP contribution in [-0.4, -0.2) is 19.9 Å². The van der Waals surface area contributed by atoms with Gasteiger partial charge in [-0.25, -0.2) is 8.42 Å². The maximum absolute atomic E-state index is 11.2. The molecular weight excluding hydrogens is 224 g/mol. The molecule has 0 saturated heterocycles. The second kappa shape index (κ2) is 3.71. The third-order valence-corrected chi connectivity index (χ3v) is 3.16. The van der Waals surface area contributed by atoms with Crippen molar-refractivity contribution < 1.29 is 13.2 Å². The van der Waals surface area contributed by atoms with Crippen molar-refractivity contribution in [2.75, 3.05) is 6.26 Å². The number of rotatable bonds is 2. The van der Waals surface area contributed by atoms with Gasteiger partial charge in [0.05, 0.1) is 4.90 Å². The maximum Gasteiger partial charge on any atom is 0.252 e. The highest BCUT2D eigenvalue weighted by molar-refractivity contribution is 7.90. The van der Waals surface area contributed by atoms with E-state index in [1.807, 2.05) is 0 Å². The van der Waals surface area contributed by atoms with Gasteiger partial charge in [-0.05, 0) is 36.2 Å². The Bertz CT molecular complexity index is 477. The van der Waals surface area contributed by atoms with Crippen LogP contribution in [0.1, 0.15) is 15.9 Å². The summed E-state index contributed by atoms with van der Waals surface area (Å²) in [5, 5.41) is -0.645. The molecule has 0 radical (unpaired) electrons. The summed E-state index contributed by atoms with van der Waals surface area (Å²) in [4.78, 5) is 11.0. The molecule has 0 saturated carbocycles. The summed E-state index contributed by atoms with van der Waals surface area (Å²) < 4.78 is 22.3. The zero-order valence-electron chi connectivity index (χ0n) is 7.74. The van der Waals surface area contributed by atoms with E-state index in [9.17, 15) is 13.2 Å². The molecule has 76 valence electrons. The van der Waals surface area contributed by atoms with E-state index in [4.69, 9.17) is 11.6 Å². The summed E-state index contributed by atoms with van der Waals surface area (Å²) in [6.07, 6.45) is 1.08. The monoisotopic (exact) mass is 232 g/mol. The standard InChI is InChI=1S/C9H9ClO3S/c1-6-3-4-7(14(2,12)13)5-8(6)9(10)11/h3-5H,1-2H3. The molecule has 3 nitrogen and oxygen atoms in total. The van der Waals surface area contributed by atoms with E-state index in [0.717, 1.165) is 6.26 Å². The van der Waals surface area contributed by atoms with Crippen molar-refractivity contribution in [1.29, 1.82) is 0 Å². The van der Waals surface area contributed by atoms with Crippen molar-refractivity contribution in [3.63, 3.8) is 0 Å². The van der Waals surface area contributed by atoms with Crippen LogP contribution in [0.5, 0.6) is 0 Å². The average molecular weight is 233 g/mol. The molecule has 0 unspecified atom stereocenters. The minimum absolute atomic E-state index is 0.104. The Morgan fingerprint density at radius 2 is 1.93 bits per heavy atom. The molecule has 1 rings (SSSR count). The lowest BCUT2D eigenvalue weighted by Gasteiger charge is -2.03. The molecule has 1 aromatic rings. The van der Waals surface area contributed by atoms with Crippen LogP contribution in [0.4, 0.5) is 0 Å². The fourth-order valence-electron chi connectivity index (χ4n) is 1.04. The van der Waals surface area contributed by atoms with Gasteiger partial charge in [-0.15, -0.1) is 0 Å². The van der Waals surface area contributed by atoms with E-state index in [1.54, 1.807) is 13.0 Å². The summed E-state index contributed by atoms with van der Waals surface area (Å²) in [6, 6.07) is 4.31. The molecule has 0 heterocycles. The molecule has 14 heavy (non-hydrogen) atoms. The van der Waals surface area contributed by atoms with Crippen molar-refractivity contribution >= 4 is 26.7 Å². The quantitative estimate of drug-likeness (QED) is 0.731. The van der Waals surface area contributed by atoms with Crippen molar-refractivity contribution in [3.05, 3.63) is 29.3 Å². The van der Waals surface area contributed by atoms with E-state index in [1.165, 1.54) is 12.1 Å². The predicted octanol–water partition coefficient (Wildman–Crippen LogP) is 1.78. The molecule has 0 aliphatic carbocycles. The first-order valence-corrected chi connectivity index (χ1v) is 6.10. The molecule has 0 fully saturated rings. The minimum atomic E-state index is -3.29. The number of sulfone groups is 1. The molecular formula is C9H9ClO3S. The molecule has 0 atom stereocenters. The maximum atomic E-state index is 11.2. The highest BCUT2D eigenvalue weighted by atomic mass is 35.5. The second-order valence-electron chi connectivity index (χ2n) is 3.02. The Morgan fingerprint density at radius 3 is 2.36 bits per heavy atom. The first-order chi connectivity index (χ1) is 6.32. The Labute approximate surface area is 87.6 Å². The van der Waals surface area contributed by atoms with E-state index < -0.39 is 15.1 Å². The van der Waals surface area contributed by atoms with Crippen molar-refractivity contribution in [2.24, 2.45) is 0 Å². The highest BCUT2D eigenvalue weighted by Crippen LogP contribution is 2.17. The number of carbonyl (C=O) groups is 1. The van der Waals surface area contributed by atoms with E-state index >= 15 is 0 Å². The van der Waals surface area contributed by atoms with Gasteiger partial charge < -0.3 is 0 Å². The fourth-order valence-corrected chi connectivity index (χ4v) is 1.89. The number of hydrogen-bond acceptors (Lipinski definition) is 3. The van der Waals surface area contributed by atoms with Crippen LogP contribution in [0.25, 0.3) is 0 Å².